The SMILES string of the molecule is O=C(SCCCCCCSC(=O)N(Cc1ccccc1)Cc1ccccc1)N(Cc1ccccc1)Cc1ccccc1. The number of benzene rings is 4. The standard InChI is InChI=1S/C36H40N2O2S2/c39-35(37(27-31-17-7-3-8-18-31)28-32-19-9-4-10-20-32)41-25-15-1-2-16-26-42-36(40)38(29-33-21-11-5-12-22-33)30-34-23-13-6-14-24-34/h3-14,17-24H,1-2,15-16,25-30H2. The summed E-state index contributed by atoms with van der Waals surface area (Å²) in [4.78, 5) is 30.1. The van der Waals surface area contributed by atoms with E-state index in [1.165, 1.54) is 23.5 Å². The van der Waals surface area contributed by atoms with E-state index in [2.05, 4.69) is 48.5 Å². The van der Waals surface area contributed by atoms with Gasteiger partial charge in [0, 0.05) is 37.7 Å². The molecule has 0 spiro atoms. The number of amides is 2. The molecule has 2 amide bonds. The number of nitrogens with zero attached hydrogens (tertiary/aromatic N) is 2. The van der Waals surface area contributed by atoms with E-state index < -0.39 is 0 Å². The maximum atomic E-state index is 13.1. The van der Waals surface area contributed by atoms with Gasteiger partial charge in [0.15, 0.2) is 0 Å². The van der Waals surface area contributed by atoms with Gasteiger partial charge in [0.2, 0.25) is 0 Å². The topological polar surface area (TPSA) is 40.6 Å². The highest BCUT2D eigenvalue weighted by Crippen LogP contribution is 2.21. The van der Waals surface area contributed by atoms with E-state index in [0.717, 1.165) is 59.4 Å². The van der Waals surface area contributed by atoms with Crippen LogP contribution in [0.1, 0.15) is 47.9 Å². The number of unbranched alkanes of at least 4 members (excludes halogenated alkanes) is 3. The molecular weight excluding hydrogens is 557 g/mol. The molecule has 0 saturated carbocycles. The van der Waals surface area contributed by atoms with Gasteiger partial charge in [0.25, 0.3) is 10.5 Å². The first kappa shape index (κ1) is 31.5. The Bertz CT molecular complexity index is 1130. The molecule has 42 heavy (non-hydrogen) atoms. The van der Waals surface area contributed by atoms with Gasteiger partial charge in [0.05, 0.1) is 0 Å². The zero-order valence-electron chi connectivity index (χ0n) is 24.1. The van der Waals surface area contributed by atoms with Crippen LogP contribution in [0.4, 0.5) is 9.59 Å². The molecule has 0 fully saturated rings. The van der Waals surface area contributed by atoms with E-state index in [0.29, 0.717) is 26.2 Å². The maximum Gasteiger partial charge on any atom is 0.282 e. The predicted octanol–water partition coefficient (Wildman–Crippen LogP) is 9.66. The number of thioether (sulfide) groups is 2. The van der Waals surface area contributed by atoms with Gasteiger partial charge in [-0.2, -0.15) is 0 Å². The molecule has 218 valence electrons. The summed E-state index contributed by atoms with van der Waals surface area (Å²) in [5, 5.41) is 0.251. The second-order valence-corrected chi connectivity index (χ2v) is 12.4. The van der Waals surface area contributed by atoms with Crippen molar-refractivity contribution in [2.75, 3.05) is 11.5 Å². The summed E-state index contributed by atoms with van der Waals surface area (Å²) in [7, 11) is 0. The van der Waals surface area contributed by atoms with Crippen LogP contribution in [0.15, 0.2) is 121 Å². The van der Waals surface area contributed by atoms with Crippen LogP contribution in [0.5, 0.6) is 0 Å². The highest BCUT2D eigenvalue weighted by Gasteiger charge is 2.16. The van der Waals surface area contributed by atoms with Gasteiger partial charge in [-0.15, -0.1) is 0 Å². The number of carbonyl (C=O) groups is 2. The van der Waals surface area contributed by atoms with E-state index in [1.54, 1.807) is 0 Å². The van der Waals surface area contributed by atoms with Gasteiger partial charge >= 0.3 is 0 Å². The van der Waals surface area contributed by atoms with E-state index in [1.807, 2.05) is 82.6 Å². The Morgan fingerprint density at radius 3 is 0.929 bits per heavy atom. The first-order valence-corrected chi connectivity index (χ1v) is 16.6. The zero-order valence-corrected chi connectivity index (χ0v) is 25.8. The van der Waals surface area contributed by atoms with E-state index in [9.17, 15) is 9.59 Å². The first-order valence-electron chi connectivity index (χ1n) is 14.7. The third-order valence-corrected chi connectivity index (χ3v) is 8.87. The van der Waals surface area contributed by atoms with Crippen molar-refractivity contribution in [1.82, 2.24) is 9.80 Å². The molecule has 0 aliphatic heterocycles. The molecular formula is C36H40N2O2S2. The molecule has 0 bridgehead atoms. The summed E-state index contributed by atoms with van der Waals surface area (Å²) in [5.41, 5.74) is 4.56. The van der Waals surface area contributed by atoms with Crippen LogP contribution in [0.25, 0.3) is 0 Å². The van der Waals surface area contributed by atoms with E-state index in [-0.39, 0.29) is 10.5 Å². The fourth-order valence-electron chi connectivity index (χ4n) is 4.64. The minimum Gasteiger partial charge on any atom is -0.325 e. The molecule has 0 radical (unpaired) electrons. The quantitative estimate of drug-likeness (QED) is 0.128. The third-order valence-electron chi connectivity index (χ3n) is 6.87. The average molecular weight is 597 g/mol. The minimum atomic E-state index is 0.126. The van der Waals surface area contributed by atoms with Crippen molar-refractivity contribution in [3.63, 3.8) is 0 Å². The monoisotopic (exact) mass is 596 g/mol. The molecule has 0 saturated heterocycles. The molecule has 0 N–H and O–H groups in total. The highest BCUT2D eigenvalue weighted by atomic mass is 32.2. The van der Waals surface area contributed by atoms with Gasteiger partial charge < -0.3 is 9.80 Å². The normalized spacial score (nSPS) is 10.8. The predicted molar refractivity (Wildman–Crippen MR) is 178 cm³/mol. The smallest absolute Gasteiger partial charge is 0.282 e. The molecule has 4 nitrogen and oxygen atoms in total. The van der Waals surface area contributed by atoms with E-state index >= 15 is 0 Å². The highest BCUT2D eigenvalue weighted by molar-refractivity contribution is 8.13. The Balaban J connectivity index is 1.16. The summed E-state index contributed by atoms with van der Waals surface area (Å²) < 4.78 is 0. The molecule has 0 heterocycles. The molecule has 0 aliphatic carbocycles. The van der Waals surface area contributed by atoms with Crippen molar-refractivity contribution in [2.24, 2.45) is 0 Å². The van der Waals surface area contributed by atoms with Crippen LogP contribution in [-0.2, 0) is 26.2 Å². The largest absolute Gasteiger partial charge is 0.325 e. The van der Waals surface area contributed by atoms with E-state index in [4.69, 9.17) is 0 Å². The molecule has 4 aromatic rings. The average Bonchev–Trinajstić information content (AvgIpc) is 3.03. The van der Waals surface area contributed by atoms with Crippen LogP contribution < -0.4 is 0 Å². The molecule has 0 aromatic heterocycles. The molecule has 0 unspecified atom stereocenters. The zero-order chi connectivity index (χ0) is 29.2. The molecule has 0 aliphatic rings. The van der Waals surface area contributed by atoms with Gasteiger partial charge in [-0.25, -0.2) is 0 Å². The molecule has 6 heteroatoms. The lowest BCUT2D eigenvalue weighted by Gasteiger charge is -2.23. The third kappa shape index (κ3) is 11.4. The number of rotatable bonds is 15. The van der Waals surface area contributed by atoms with Crippen molar-refractivity contribution in [3.05, 3.63) is 144 Å². The molecule has 4 rings (SSSR count). The Morgan fingerprint density at radius 1 is 0.405 bits per heavy atom. The van der Waals surface area contributed by atoms with Crippen molar-refractivity contribution in [1.29, 1.82) is 0 Å². The van der Waals surface area contributed by atoms with Crippen molar-refractivity contribution in [3.8, 4) is 0 Å². The second kappa shape index (κ2) is 18.1. The van der Waals surface area contributed by atoms with Crippen LogP contribution in [0.2, 0.25) is 0 Å². The second-order valence-electron chi connectivity index (χ2n) is 10.3. The number of hydrogen-bond donors (Lipinski definition) is 0. The van der Waals surface area contributed by atoms with Crippen LogP contribution >= 0.6 is 23.5 Å². The van der Waals surface area contributed by atoms with Crippen LogP contribution in [-0.4, -0.2) is 31.8 Å². The lowest BCUT2D eigenvalue weighted by Crippen LogP contribution is -2.27. The summed E-state index contributed by atoms with van der Waals surface area (Å²) in [5.74, 6) is 1.62. The maximum absolute atomic E-state index is 13.1. The van der Waals surface area contributed by atoms with Crippen LogP contribution in [0, 0.1) is 0 Å². The Kier molecular flexibility index (Phi) is 13.6. The summed E-state index contributed by atoms with van der Waals surface area (Å²) in [6, 6.07) is 40.7. The summed E-state index contributed by atoms with van der Waals surface area (Å²) in [6.45, 7) is 2.44. The lowest BCUT2D eigenvalue weighted by molar-refractivity contribution is 0.217. The first-order chi connectivity index (χ1) is 20.7. The van der Waals surface area contributed by atoms with Crippen molar-refractivity contribution < 1.29 is 9.59 Å². The Labute approximate surface area is 259 Å². The number of carbonyl (C=O) groups excluding carboxylic acids is 2. The lowest BCUT2D eigenvalue weighted by atomic mass is 10.2. The fourth-order valence-corrected chi connectivity index (χ4v) is 6.31. The van der Waals surface area contributed by atoms with Gasteiger partial charge in [-0.3, -0.25) is 9.59 Å². The fraction of sp³-hybridized carbons (Fsp3) is 0.278. The van der Waals surface area contributed by atoms with Gasteiger partial charge in [-0.1, -0.05) is 158 Å². The Morgan fingerprint density at radius 2 is 0.667 bits per heavy atom. The van der Waals surface area contributed by atoms with Gasteiger partial charge in [0.1, 0.15) is 0 Å². The summed E-state index contributed by atoms with van der Waals surface area (Å²) in [6.07, 6.45) is 4.11. The molecule has 0 atom stereocenters. The minimum absolute atomic E-state index is 0.126. The van der Waals surface area contributed by atoms with Crippen molar-refractivity contribution >= 4 is 34.0 Å². The van der Waals surface area contributed by atoms with Crippen molar-refractivity contribution in [2.45, 2.75) is 51.9 Å². The molecule has 4 aromatic carbocycles. The number of hydrogen-bond acceptors (Lipinski definition) is 4. The van der Waals surface area contributed by atoms with Gasteiger partial charge in [-0.05, 0) is 35.1 Å². The summed E-state index contributed by atoms with van der Waals surface area (Å²) >= 11 is 2.84. The van der Waals surface area contributed by atoms with Crippen LogP contribution in [0.3, 0.4) is 0 Å². The Hall–Kier alpha value is -3.48.